The second-order valence-corrected chi connectivity index (χ2v) is 15.8. The third kappa shape index (κ3) is 4.69. The van der Waals surface area contributed by atoms with Gasteiger partial charge in [-0.2, -0.15) is 0 Å². The Bertz CT molecular complexity index is 3190. The summed E-state index contributed by atoms with van der Waals surface area (Å²) in [4.78, 5) is 2.49. The predicted octanol–water partition coefficient (Wildman–Crippen LogP) is 14.7. The third-order valence-electron chi connectivity index (χ3n) is 11.6. The number of para-hydroxylation sites is 2. The maximum atomic E-state index is 7.18. The van der Waals surface area contributed by atoms with E-state index in [4.69, 9.17) is 9.15 Å². The van der Waals surface area contributed by atoms with E-state index in [2.05, 4.69) is 181 Å². The van der Waals surface area contributed by atoms with Gasteiger partial charge in [-0.3, -0.25) is 0 Å². The highest BCUT2D eigenvalue weighted by atomic mass is 32.1. The van der Waals surface area contributed by atoms with Crippen LogP contribution in [0.3, 0.4) is 0 Å². The minimum absolute atomic E-state index is 0.00264. The number of ether oxygens (including phenoxy) is 1. The lowest BCUT2D eigenvalue weighted by Gasteiger charge is -2.35. The molecule has 2 unspecified atom stereocenters. The Morgan fingerprint density at radius 2 is 1.14 bits per heavy atom. The van der Waals surface area contributed by atoms with E-state index < -0.39 is 0 Å². The van der Waals surface area contributed by atoms with Crippen molar-refractivity contribution >= 4 is 70.5 Å². The first-order valence-corrected chi connectivity index (χ1v) is 20.0. The number of thiophene rings is 1. The van der Waals surface area contributed by atoms with Crippen molar-refractivity contribution in [3.63, 3.8) is 0 Å². The van der Waals surface area contributed by atoms with Gasteiger partial charge < -0.3 is 14.1 Å². The van der Waals surface area contributed by atoms with Crippen molar-refractivity contribution in [3.05, 3.63) is 205 Å². The number of nitrogens with zero attached hydrogens (tertiary/aromatic N) is 1. The molecular weight excluding hydrogens is 703 g/mol. The molecule has 0 fully saturated rings. The van der Waals surface area contributed by atoms with Gasteiger partial charge in [-0.05, 0) is 59.2 Å². The fraction of sp³-hybridized carbons (Fsp3) is 0.0385. The lowest BCUT2D eigenvalue weighted by atomic mass is 9.81. The fourth-order valence-electron chi connectivity index (χ4n) is 9.14. The smallest absolute Gasteiger partial charge is 0.136 e. The van der Waals surface area contributed by atoms with Crippen LogP contribution in [0.4, 0.5) is 11.4 Å². The molecule has 0 saturated heterocycles. The molecule has 56 heavy (non-hydrogen) atoms. The Morgan fingerprint density at radius 3 is 2.05 bits per heavy atom. The lowest BCUT2D eigenvalue weighted by Crippen LogP contribution is -2.23. The fourth-order valence-corrected chi connectivity index (χ4v) is 10.3. The molecule has 2 aliphatic rings. The summed E-state index contributed by atoms with van der Waals surface area (Å²) in [5, 5.41) is 4.80. The van der Waals surface area contributed by atoms with E-state index in [1.54, 1.807) is 0 Å². The molecule has 3 nitrogen and oxygen atoms in total. The Balaban J connectivity index is 1.07. The van der Waals surface area contributed by atoms with E-state index >= 15 is 0 Å². The van der Waals surface area contributed by atoms with Crippen LogP contribution >= 0.6 is 11.3 Å². The van der Waals surface area contributed by atoms with E-state index in [9.17, 15) is 0 Å². The summed E-state index contributed by atoms with van der Waals surface area (Å²) in [5.74, 6) is 0.945. The van der Waals surface area contributed by atoms with Crippen LogP contribution in [0.1, 0.15) is 28.7 Å². The number of hydrogen-bond acceptors (Lipinski definition) is 4. The van der Waals surface area contributed by atoms with Crippen LogP contribution in [0.5, 0.6) is 5.75 Å². The molecule has 3 heterocycles. The summed E-state index contributed by atoms with van der Waals surface area (Å²) in [6.45, 7) is 0. The maximum absolute atomic E-state index is 7.18. The molecule has 0 amide bonds. The summed E-state index contributed by atoms with van der Waals surface area (Å²) in [5.41, 5.74) is 13.4. The van der Waals surface area contributed by atoms with Crippen LogP contribution in [-0.4, -0.2) is 0 Å². The maximum Gasteiger partial charge on any atom is 0.136 e. The Morgan fingerprint density at radius 1 is 0.482 bits per heavy atom. The molecular formula is C52H33NO2S. The molecule has 0 radical (unpaired) electrons. The Hall–Kier alpha value is -6.88. The normalized spacial score (nSPS) is 15.8. The molecule has 0 N–H and O–H groups in total. The molecule has 4 heteroatoms. The van der Waals surface area contributed by atoms with Crippen LogP contribution < -0.4 is 9.64 Å². The summed E-state index contributed by atoms with van der Waals surface area (Å²) in [7, 11) is 0. The molecule has 2 aromatic heterocycles. The highest BCUT2D eigenvalue weighted by Crippen LogP contribution is 2.57. The summed E-state index contributed by atoms with van der Waals surface area (Å²) < 4.78 is 16.1. The molecule has 1 aliphatic carbocycles. The van der Waals surface area contributed by atoms with E-state index in [1.807, 2.05) is 23.5 Å². The lowest BCUT2D eigenvalue weighted by molar-refractivity contribution is 0.223. The zero-order chi connectivity index (χ0) is 36.7. The van der Waals surface area contributed by atoms with Crippen molar-refractivity contribution in [1.29, 1.82) is 0 Å². The van der Waals surface area contributed by atoms with Gasteiger partial charge in [0.15, 0.2) is 0 Å². The predicted molar refractivity (Wildman–Crippen MR) is 233 cm³/mol. The third-order valence-corrected chi connectivity index (χ3v) is 12.9. The average molecular weight is 736 g/mol. The molecule has 2 atom stereocenters. The van der Waals surface area contributed by atoms with Crippen molar-refractivity contribution in [3.8, 4) is 28.0 Å². The first-order chi connectivity index (χ1) is 27.8. The number of rotatable bonds is 5. The van der Waals surface area contributed by atoms with Crippen LogP contribution in [0.15, 0.2) is 192 Å². The molecule has 8 aromatic carbocycles. The second kappa shape index (κ2) is 12.3. The van der Waals surface area contributed by atoms with E-state index in [0.29, 0.717) is 0 Å². The van der Waals surface area contributed by atoms with Gasteiger partial charge in [0.2, 0.25) is 0 Å². The topological polar surface area (TPSA) is 25.6 Å². The summed E-state index contributed by atoms with van der Waals surface area (Å²) in [6.07, 6.45) is 2.31. The van der Waals surface area contributed by atoms with Crippen molar-refractivity contribution < 1.29 is 9.15 Å². The Labute approximate surface area is 328 Å². The zero-order valence-electron chi connectivity index (χ0n) is 30.2. The molecule has 10 aromatic rings. The van der Waals surface area contributed by atoms with Gasteiger partial charge in [-0.25, -0.2) is 0 Å². The zero-order valence-corrected chi connectivity index (χ0v) is 31.0. The number of fused-ring (bicyclic) bond motifs is 11. The minimum Gasteiger partial charge on any atom is -0.484 e. The quantitative estimate of drug-likeness (QED) is 0.176. The molecule has 1 aliphatic heterocycles. The first-order valence-electron chi connectivity index (χ1n) is 19.2. The van der Waals surface area contributed by atoms with Crippen molar-refractivity contribution in [2.45, 2.75) is 12.0 Å². The number of hydrogen-bond donors (Lipinski definition) is 0. The van der Waals surface area contributed by atoms with Crippen molar-refractivity contribution in [2.24, 2.45) is 0 Å². The van der Waals surface area contributed by atoms with E-state index in [1.165, 1.54) is 53.7 Å². The second-order valence-electron chi connectivity index (χ2n) is 14.7. The standard InChI is InChI=1S/C52H33NO2S/c1-2-13-32(14-3-1)33-27-29-34(30-28-33)53(44-23-11-22-41-36-16-7-9-26-48(36)56-52(41)44)45-31-43-40-21-10-20-39(50(40)55-51(43)38-17-5-4-15-35(38)45)37-19-12-25-47-49(37)42-18-6-8-24-46(42)54-47/h1-31,43,51H. The van der Waals surface area contributed by atoms with Crippen LogP contribution in [0.2, 0.25) is 0 Å². The largest absolute Gasteiger partial charge is 0.484 e. The molecule has 12 rings (SSSR count). The van der Waals surface area contributed by atoms with Gasteiger partial charge >= 0.3 is 0 Å². The minimum atomic E-state index is -0.158. The molecule has 0 bridgehead atoms. The van der Waals surface area contributed by atoms with Crippen molar-refractivity contribution in [1.82, 2.24) is 0 Å². The molecule has 0 saturated carbocycles. The first kappa shape index (κ1) is 31.5. The molecule has 264 valence electrons. The number of anilines is 2. The highest BCUT2D eigenvalue weighted by Gasteiger charge is 2.42. The molecule has 0 spiro atoms. The van der Waals surface area contributed by atoms with Gasteiger partial charge in [0.1, 0.15) is 23.0 Å². The van der Waals surface area contributed by atoms with Crippen LogP contribution in [0.25, 0.3) is 70.1 Å². The SMILES string of the molecule is C1=C(N(c2ccc(-c3ccccc3)cc2)c2cccc3c2sc2ccccc23)c2ccccc2C2Oc3c(-c4cccc5oc6ccccc6c45)cccc3C12. The number of furan rings is 1. The van der Waals surface area contributed by atoms with Crippen LogP contribution in [-0.2, 0) is 0 Å². The van der Waals surface area contributed by atoms with Gasteiger partial charge in [0.25, 0.3) is 0 Å². The highest BCUT2D eigenvalue weighted by molar-refractivity contribution is 7.26. The van der Waals surface area contributed by atoms with Gasteiger partial charge in [0, 0.05) is 60.1 Å². The van der Waals surface area contributed by atoms with Gasteiger partial charge in [-0.1, -0.05) is 146 Å². The van der Waals surface area contributed by atoms with Crippen molar-refractivity contribution in [2.75, 3.05) is 4.90 Å². The monoisotopic (exact) mass is 735 g/mol. The van der Waals surface area contributed by atoms with E-state index in [-0.39, 0.29) is 12.0 Å². The Kier molecular flexibility index (Phi) is 6.92. The van der Waals surface area contributed by atoms with Gasteiger partial charge in [0.05, 0.1) is 16.1 Å². The summed E-state index contributed by atoms with van der Waals surface area (Å²) >= 11 is 1.87. The average Bonchev–Trinajstić information content (AvgIpc) is 3.96. The van der Waals surface area contributed by atoms with E-state index in [0.717, 1.165) is 50.2 Å². The van der Waals surface area contributed by atoms with Crippen LogP contribution in [0, 0.1) is 0 Å². The summed E-state index contributed by atoms with van der Waals surface area (Å²) in [6, 6.07) is 65.3. The van der Waals surface area contributed by atoms with Gasteiger partial charge in [-0.15, -0.1) is 11.3 Å². The number of benzene rings is 8.